The molecule has 2 nitrogen and oxygen atoms in total. The maximum absolute atomic E-state index is 4.17. The maximum atomic E-state index is 4.17. The van der Waals surface area contributed by atoms with E-state index in [0.717, 1.165) is 25.1 Å². The predicted molar refractivity (Wildman–Crippen MR) is 91.5 cm³/mol. The minimum atomic E-state index is 0.690. The highest BCUT2D eigenvalue weighted by Gasteiger charge is 1.91. The molecule has 0 fully saturated rings. The van der Waals surface area contributed by atoms with Crippen molar-refractivity contribution in [1.82, 2.24) is 5.32 Å². The minimum absolute atomic E-state index is 0.690. The number of hydrogen-bond acceptors (Lipinski definition) is 2. The molecule has 0 aromatic heterocycles. The number of nitrogens with one attached hydrogen (secondary N) is 1. The van der Waals surface area contributed by atoms with Crippen LogP contribution >= 0.6 is 22.6 Å². The summed E-state index contributed by atoms with van der Waals surface area (Å²) in [7, 11) is 0. The zero-order valence-corrected chi connectivity index (χ0v) is 13.9. The first-order valence-corrected chi connectivity index (χ1v) is 7.54. The molecule has 0 aromatic carbocycles. The van der Waals surface area contributed by atoms with E-state index >= 15 is 0 Å². The zero-order chi connectivity index (χ0) is 13.8. The fraction of sp³-hybridized carbons (Fsp3) is 0.533. The number of allylic oxidation sites excluding steroid dienone is 2. The molecule has 0 spiro atoms. The molecule has 0 radical (unpaired) electrons. The van der Waals surface area contributed by atoms with Crippen LogP contribution in [0, 0.1) is 5.92 Å². The van der Waals surface area contributed by atoms with Gasteiger partial charge in [0, 0.05) is 22.5 Å². The lowest BCUT2D eigenvalue weighted by molar-refractivity contribution is 0.689. The Hall–Kier alpha value is -0.420. The Morgan fingerprint density at radius 2 is 2.22 bits per heavy atom. The van der Waals surface area contributed by atoms with E-state index < -0.39 is 0 Å². The lowest BCUT2D eigenvalue weighted by Gasteiger charge is -2.02. The van der Waals surface area contributed by atoms with Gasteiger partial charge in [0.25, 0.3) is 0 Å². The molecule has 0 saturated heterocycles. The first kappa shape index (κ1) is 17.6. The van der Waals surface area contributed by atoms with Crippen LogP contribution in [-0.2, 0) is 0 Å². The molecule has 3 heteroatoms. The summed E-state index contributed by atoms with van der Waals surface area (Å²) in [4.78, 5) is 4.17. The van der Waals surface area contributed by atoms with Crippen LogP contribution in [0.1, 0.15) is 33.6 Å². The maximum Gasteiger partial charge on any atom is 0.0357 e. The van der Waals surface area contributed by atoms with Crippen LogP contribution in [0.5, 0.6) is 0 Å². The third kappa shape index (κ3) is 12.0. The van der Waals surface area contributed by atoms with E-state index in [4.69, 9.17) is 0 Å². The molecule has 0 aromatic rings. The van der Waals surface area contributed by atoms with Crippen LogP contribution in [0.25, 0.3) is 0 Å². The number of hydrogen-bond donors (Lipinski definition) is 1. The van der Waals surface area contributed by atoms with Crippen molar-refractivity contribution < 1.29 is 0 Å². The molecule has 0 heterocycles. The molecule has 0 saturated carbocycles. The standard InChI is InChI=1S/C15H25IN2/c1-5-13(2)8-6-7-9-17-10-14(3)11-18-12-15(4)16/h6,8,11-13,17H,3,5,7,9-10H2,1-2,4H3/b8-6-,15-12+,18-11?/t13-/m1/s1. The van der Waals surface area contributed by atoms with Crippen LogP contribution in [-0.4, -0.2) is 19.3 Å². The fourth-order valence-electron chi connectivity index (χ4n) is 1.19. The highest BCUT2D eigenvalue weighted by Crippen LogP contribution is 2.02. The average molecular weight is 360 g/mol. The summed E-state index contributed by atoms with van der Waals surface area (Å²) in [5.74, 6) is 0.690. The average Bonchev–Trinajstić information content (AvgIpc) is 2.32. The molecule has 18 heavy (non-hydrogen) atoms. The molecule has 0 aliphatic rings. The third-order valence-electron chi connectivity index (χ3n) is 2.46. The molecule has 0 rings (SSSR count). The molecule has 0 bridgehead atoms. The summed E-state index contributed by atoms with van der Waals surface area (Å²) in [6.45, 7) is 12.2. The number of aliphatic imine (C=N–C) groups is 1. The van der Waals surface area contributed by atoms with E-state index in [0.29, 0.717) is 5.92 Å². The van der Waals surface area contributed by atoms with Crippen molar-refractivity contribution in [2.75, 3.05) is 13.1 Å². The van der Waals surface area contributed by atoms with Gasteiger partial charge in [-0.25, -0.2) is 0 Å². The summed E-state index contributed by atoms with van der Waals surface area (Å²) in [5, 5.41) is 3.35. The van der Waals surface area contributed by atoms with Crippen LogP contribution in [0.2, 0.25) is 0 Å². The minimum Gasteiger partial charge on any atom is -0.312 e. The Balaban J connectivity index is 3.61. The van der Waals surface area contributed by atoms with Gasteiger partial charge in [0.05, 0.1) is 0 Å². The van der Waals surface area contributed by atoms with Crippen molar-refractivity contribution in [3.05, 3.63) is 34.1 Å². The normalized spacial score (nSPS) is 14.6. The Bertz CT molecular complexity index is 312. The topological polar surface area (TPSA) is 24.4 Å². The van der Waals surface area contributed by atoms with Gasteiger partial charge in [0.2, 0.25) is 0 Å². The van der Waals surface area contributed by atoms with Gasteiger partial charge < -0.3 is 5.32 Å². The molecule has 0 aliphatic carbocycles. The van der Waals surface area contributed by atoms with E-state index in [2.05, 4.69) is 65.5 Å². The van der Waals surface area contributed by atoms with Gasteiger partial charge in [-0.3, -0.25) is 4.99 Å². The fourth-order valence-corrected chi connectivity index (χ4v) is 1.35. The summed E-state index contributed by atoms with van der Waals surface area (Å²) in [5.41, 5.74) is 1.01. The van der Waals surface area contributed by atoms with Crippen molar-refractivity contribution in [3.8, 4) is 0 Å². The number of rotatable bonds is 9. The van der Waals surface area contributed by atoms with E-state index in [1.807, 2.05) is 19.3 Å². The largest absolute Gasteiger partial charge is 0.312 e. The molecular weight excluding hydrogens is 335 g/mol. The van der Waals surface area contributed by atoms with Crippen molar-refractivity contribution in [3.63, 3.8) is 0 Å². The van der Waals surface area contributed by atoms with E-state index in [9.17, 15) is 0 Å². The first-order chi connectivity index (χ1) is 8.56. The van der Waals surface area contributed by atoms with E-state index in [1.165, 1.54) is 10.0 Å². The van der Waals surface area contributed by atoms with Gasteiger partial charge >= 0.3 is 0 Å². The second-order valence-corrected chi connectivity index (χ2v) is 6.13. The Morgan fingerprint density at radius 1 is 1.50 bits per heavy atom. The quantitative estimate of drug-likeness (QED) is 0.279. The zero-order valence-electron chi connectivity index (χ0n) is 11.7. The monoisotopic (exact) mass is 360 g/mol. The van der Waals surface area contributed by atoms with Crippen molar-refractivity contribution >= 4 is 28.8 Å². The Kier molecular flexibility index (Phi) is 11.4. The lowest BCUT2D eigenvalue weighted by Crippen LogP contribution is -2.18. The summed E-state index contributed by atoms with van der Waals surface area (Å²) in [6.07, 6.45) is 10.5. The van der Waals surface area contributed by atoms with Crippen molar-refractivity contribution in [2.24, 2.45) is 10.9 Å². The van der Waals surface area contributed by atoms with Gasteiger partial charge in [-0.15, -0.1) is 0 Å². The highest BCUT2D eigenvalue weighted by atomic mass is 127. The second-order valence-electron chi connectivity index (χ2n) is 4.43. The van der Waals surface area contributed by atoms with Crippen LogP contribution in [0.15, 0.2) is 39.1 Å². The number of nitrogens with zero attached hydrogens (tertiary/aromatic N) is 1. The summed E-state index contributed by atoms with van der Waals surface area (Å²) < 4.78 is 1.17. The van der Waals surface area contributed by atoms with Crippen molar-refractivity contribution in [2.45, 2.75) is 33.6 Å². The van der Waals surface area contributed by atoms with Crippen LogP contribution in [0.3, 0.4) is 0 Å². The van der Waals surface area contributed by atoms with Crippen LogP contribution < -0.4 is 5.32 Å². The Morgan fingerprint density at radius 3 is 2.83 bits per heavy atom. The number of halogens is 1. The van der Waals surface area contributed by atoms with Gasteiger partial charge in [0.1, 0.15) is 0 Å². The molecule has 0 aliphatic heterocycles. The Labute approximate surface area is 125 Å². The first-order valence-electron chi connectivity index (χ1n) is 6.46. The SMILES string of the molecule is C=C(C=N/C=C(\C)I)CNCC/C=C\[C@H](C)CC. The summed E-state index contributed by atoms with van der Waals surface area (Å²) in [6, 6.07) is 0. The smallest absolute Gasteiger partial charge is 0.0357 e. The predicted octanol–water partition coefficient (Wildman–Crippen LogP) is 4.49. The lowest BCUT2D eigenvalue weighted by atomic mass is 10.1. The molecule has 0 unspecified atom stereocenters. The van der Waals surface area contributed by atoms with Gasteiger partial charge in [-0.05, 0) is 54.0 Å². The second kappa shape index (κ2) is 11.7. The van der Waals surface area contributed by atoms with Gasteiger partial charge in [-0.1, -0.05) is 39.0 Å². The molecule has 0 amide bonds. The van der Waals surface area contributed by atoms with Crippen LogP contribution in [0.4, 0.5) is 0 Å². The molecular formula is C15H25IN2. The third-order valence-corrected chi connectivity index (χ3v) is 2.74. The van der Waals surface area contributed by atoms with Crippen molar-refractivity contribution in [1.29, 1.82) is 0 Å². The van der Waals surface area contributed by atoms with E-state index in [-0.39, 0.29) is 0 Å². The molecule has 1 N–H and O–H groups in total. The summed E-state index contributed by atoms with van der Waals surface area (Å²) >= 11 is 2.24. The highest BCUT2D eigenvalue weighted by molar-refractivity contribution is 14.1. The molecule has 102 valence electrons. The molecule has 1 atom stereocenters. The van der Waals surface area contributed by atoms with E-state index in [1.54, 1.807) is 0 Å². The van der Waals surface area contributed by atoms with Gasteiger partial charge in [-0.2, -0.15) is 0 Å². The van der Waals surface area contributed by atoms with Gasteiger partial charge in [0.15, 0.2) is 0 Å².